The Hall–Kier alpha value is -1.16. The SMILES string of the molecule is Cc1ccnc(NC(C)(CN)C(C)C)n1. The van der Waals surface area contributed by atoms with Gasteiger partial charge in [0, 0.05) is 18.4 Å². The highest BCUT2D eigenvalue weighted by Gasteiger charge is 2.27. The van der Waals surface area contributed by atoms with E-state index in [1.165, 1.54) is 0 Å². The molecular weight excluding hydrogens is 188 g/mol. The van der Waals surface area contributed by atoms with Crippen molar-refractivity contribution in [3.63, 3.8) is 0 Å². The maximum absolute atomic E-state index is 5.78. The molecule has 0 aliphatic carbocycles. The number of hydrogen-bond donors (Lipinski definition) is 2. The van der Waals surface area contributed by atoms with Crippen LogP contribution in [-0.2, 0) is 0 Å². The molecule has 0 aliphatic heterocycles. The summed E-state index contributed by atoms with van der Waals surface area (Å²) in [5, 5.41) is 3.30. The zero-order chi connectivity index (χ0) is 11.5. The average molecular weight is 208 g/mol. The number of hydrogen-bond acceptors (Lipinski definition) is 4. The molecule has 0 saturated heterocycles. The first kappa shape index (κ1) is 11.9. The van der Waals surface area contributed by atoms with Crippen molar-refractivity contribution in [2.24, 2.45) is 11.7 Å². The van der Waals surface area contributed by atoms with Crippen LogP contribution < -0.4 is 11.1 Å². The third-order valence-electron chi connectivity index (χ3n) is 2.89. The number of rotatable bonds is 4. The second-order valence-electron chi connectivity index (χ2n) is 4.42. The van der Waals surface area contributed by atoms with Crippen LogP contribution >= 0.6 is 0 Å². The van der Waals surface area contributed by atoms with Gasteiger partial charge in [-0.1, -0.05) is 13.8 Å². The molecule has 0 radical (unpaired) electrons. The summed E-state index contributed by atoms with van der Waals surface area (Å²) in [6, 6.07) is 1.88. The highest BCUT2D eigenvalue weighted by molar-refractivity contribution is 5.30. The van der Waals surface area contributed by atoms with E-state index in [1.54, 1.807) is 6.20 Å². The lowest BCUT2D eigenvalue weighted by molar-refractivity contribution is 0.380. The maximum atomic E-state index is 5.78. The van der Waals surface area contributed by atoms with E-state index in [-0.39, 0.29) is 5.54 Å². The highest BCUT2D eigenvalue weighted by Crippen LogP contribution is 2.19. The van der Waals surface area contributed by atoms with Gasteiger partial charge in [0.15, 0.2) is 0 Å². The summed E-state index contributed by atoms with van der Waals surface area (Å²) in [6.45, 7) is 8.86. The number of nitrogens with one attached hydrogen (secondary N) is 1. The van der Waals surface area contributed by atoms with Crippen LogP contribution in [0.2, 0.25) is 0 Å². The Morgan fingerprint density at radius 1 is 1.53 bits per heavy atom. The van der Waals surface area contributed by atoms with Crippen molar-refractivity contribution in [3.05, 3.63) is 18.0 Å². The number of nitrogens with zero attached hydrogens (tertiary/aromatic N) is 2. The monoisotopic (exact) mass is 208 g/mol. The van der Waals surface area contributed by atoms with Crippen molar-refractivity contribution in [2.75, 3.05) is 11.9 Å². The molecule has 4 heteroatoms. The Bertz CT molecular complexity index is 324. The van der Waals surface area contributed by atoms with Gasteiger partial charge in [0.1, 0.15) is 0 Å². The molecular formula is C11H20N4. The summed E-state index contributed by atoms with van der Waals surface area (Å²) >= 11 is 0. The molecule has 1 atom stereocenters. The van der Waals surface area contributed by atoms with Gasteiger partial charge in [-0.2, -0.15) is 0 Å². The molecule has 0 fully saturated rings. The fraction of sp³-hybridized carbons (Fsp3) is 0.636. The first-order chi connectivity index (χ1) is 6.98. The predicted octanol–water partition coefficient (Wildman–Crippen LogP) is 1.57. The topological polar surface area (TPSA) is 63.8 Å². The summed E-state index contributed by atoms with van der Waals surface area (Å²) in [5.74, 6) is 1.07. The zero-order valence-corrected chi connectivity index (χ0v) is 9.91. The van der Waals surface area contributed by atoms with Crippen LogP contribution in [0, 0.1) is 12.8 Å². The first-order valence-electron chi connectivity index (χ1n) is 5.26. The largest absolute Gasteiger partial charge is 0.348 e. The fourth-order valence-corrected chi connectivity index (χ4v) is 1.20. The van der Waals surface area contributed by atoms with E-state index < -0.39 is 0 Å². The Labute approximate surface area is 91.3 Å². The van der Waals surface area contributed by atoms with Crippen LogP contribution in [0.1, 0.15) is 26.5 Å². The molecule has 0 aliphatic rings. The summed E-state index contributed by atoms with van der Waals surface area (Å²) in [7, 11) is 0. The molecule has 15 heavy (non-hydrogen) atoms. The Kier molecular flexibility index (Phi) is 3.63. The molecule has 1 aromatic heterocycles. The van der Waals surface area contributed by atoms with Gasteiger partial charge in [-0.3, -0.25) is 0 Å². The lowest BCUT2D eigenvalue weighted by atomic mass is 9.89. The lowest BCUT2D eigenvalue weighted by Gasteiger charge is -2.33. The third-order valence-corrected chi connectivity index (χ3v) is 2.89. The van der Waals surface area contributed by atoms with Gasteiger partial charge in [0.2, 0.25) is 5.95 Å². The van der Waals surface area contributed by atoms with Crippen LogP contribution in [-0.4, -0.2) is 22.1 Å². The molecule has 0 saturated carbocycles. The third kappa shape index (κ3) is 2.89. The van der Waals surface area contributed by atoms with Gasteiger partial charge in [0.25, 0.3) is 0 Å². The summed E-state index contributed by atoms with van der Waals surface area (Å²) in [6.07, 6.45) is 1.75. The number of aryl methyl sites for hydroxylation is 1. The molecule has 1 unspecified atom stereocenters. The van der Waals surface area contributed by atoms with Gasteiger partial charge in [-0.25, -0.2) is 9.97 Å². The molecule has 0 spiro atoms. The van der Waals surface area contributed by atoms with Crippen LogP contribution in [0.4, 0.5) is 5.95 Å². The van der Waals surface area contributed by atoms with E-state index in [4.69, 9.17) is 5.73 Å². The molecule has 0 amide bonds. The van der Waals surface area contributed by atoms with Crippen molar-refractivity contribution >= 4 is 5.95 Å². The van der Waals surface area contributed by atoms with Gasteiger partial charge in [0.05, 0.1) is 5.54 Å². The van der Waals surface area contributed by atoms with E-state index >= 15 is 0 Å². The van der Waals surface area contributed by atoms with E-state index in [0.29, 0.717) is 18.4 Å². The van der Waals surface area contributed by atoms with E-state index in [0.717, 1.165) is 5.69 Å². The van der Waals surface area contributed by atoms with Crippen LogP contribution in [0.3, 0.4) is 0 Å². The highest BCUT2D eigenvalue weighted by atomic mass is 15.1. The van der Waals surface area contributed by atoms with E-state index in [9.17, 15) is 0 Å². The van der Waals surface area contributed by atoms with Crippen molar-refractivity contribution in [3.8, 4) is 0 Å². The minimum Gasteiger partial charge on any atom is -0.348 e. The van der Waals surface area contributed by atoms with E-state index in [2.05, 4.69) is 36.1 Å². The van der Waals surface area contributed by atoms with Crippen LogP contribution in [0.15, 0.2) is 12.3 Å². The van der Waals surface area contributed by atoms with Gasteiger partial charge in [-0.15, -0.1) is 0 Å². The molecule has 1 rings (SSSR count). The second-order valence-corrected chi connectivity index (χ2v) is 4.42. The Morgan fingerprint density at radius 2 is 2.20 bits per heavy atom. The number of anilines is 1. The quantitative estimate of drug-likeness (QED) is 0.788. The maximum Gasteiger partial charge on any atom is 0.223 e. The molecule has 0 bridgehead atoms. The molecule has 84 valence electrons. The molecule has 3 N–H and O–H groups in total. The summed E-state index contributed by atoms with van der Waals surface area (Å²) in [4.78, 5) is 8.49. The van der Waals surface area contributed by atoms with Crippen LogP contribution in [0.25, 0.3) is 0 Å². The van der Waals surface area contributed by atoms with Gasteiger partial charge in [-0.05, 0) is 25.8 Å². The molecule has 0 aromatic carbocycles. The average Bonchev–Trinajstić information content (AvgIpc) is 2.17. The lowest BCUT2D eigenvalue weighted by Crippen LogP contribution is -2.47. The Morgan fingerprint density at radius 3 is 2.67 bits per heavy atom. The smallest absolute Gasteiger partial charge is 0.223 e. The van der Waals surface area contributed by atoms with Crippen molar-refractivity contribution < 1.29 is 0 Å². The van der Waals surface area contributed by atoms with Gasteiger partial charge < -0.3 is 11.1 Å². The molecule has 1 heterocycles. The fourth-order valence-electron chi connectivity index (χ4n) is 1.20. The van der Waals surface area contributed by atoms with Gasteiger partial charge >= 0.3 is 0 Å². The number of aromatic nitrogens is 2. The second kappa shape index (κ2) is 4.57. The Balaban J connectivity index is 2.84. The zero-order valence-electron chi connectivity index (χ0n) is 9.91. The van der Waals surface area contributed by atoms with Crippen molar-refractivity contribution in [2.45, 2.75) is 33.2 Å². The van der Waals surface area contributed by atoms with Crippen molar-refractivity contribution in [1.29, 1.82) is 0 Å². The van der Waals surface area contributed by atoms with Crippen LogP contribution in [0.5, 0.6) is 0 Å². The summed E-state index contributed by atoms with van der Waals surface area (Å²) < 4.78 is 0. The molecule has 1 aromatic rings. The molecule has 4 nitrogen and oxygen atoms in total. The normalized spacial score (nSPS) is 15.1. The minimum absolute atomic E-state index is 0.159. The first-order valence-corrected chi connectivity index (χ1v) is 5.26. The predicted molar refractivity (Wildman–Crippen MR) is 62.7 cm³/mol. The number of nitrogens with two attached hydrogens (primary N) is 1. The minimum atomic E-state index is -0.159. The van der Waals surface area contributed by atoms with E-state index in [1.807, 2.05) is 13.0 Å². The standard InChI is InChI=1S/C11H20N4/c1-8(2)11(4,7-12)15-10-13-6-5-9(3)14-10/h5-6,8H,7,12H2,1-4H3,(H,13,14,15). The summed E-state index contributed by atoms with van der Waals surface area (Å²) in [5.41, 5.74) is 6.57. The van der Waals surface area contributed by atoms with Crippen molar-refractivity contribution in [1.82, 2.24) is 9.97 Å².